The van der Waals surface area contributed by atoms with E-state index in [1.807, 2.05) is 0 Å². The van der Waals surface area contributed by atoms with E-state index < -0.39 is 0 Å². The Morgan fingerprint density at radius 3 is 2.50 bits per heavy atom. The van der Waals surface area contributed by atoms with Gasteiger partial charge in [-0.15, -0.1) is 0 Å². The zero-order chi connectivity index (χ0) is 13.0. The Hall–Kier alpha value is -2.36. The lowest BCUT2D eigenvalue weighted by atomic mass is 10.2. The molecule has 0 fully saturated rings. The molecule has 0 N–H and O–H groups in total. The van der Waals surface area contributed by atoms with Crippen molar-refractivity contribution in [3.8, 4) is 5.75 Å². The number of benzene rings is 1. The van der Waals surface area contributed by atoms with Crippen molar-refractivity contribution >= 4 is 12.1 Å². The number of aryl methyl sites for hydroxylation is 1. The second-order valence-corrected chi connectivity index (χ2v) is 3.81. The van der Waals surface area contributed by atoms with Gasteiger partial charge in [0.1, 0.15) is 17.8 Å². The molecule has 4 heteroatoms. The average molecular weight is 244 g/mol. The number of Topliss-reactive ketones (excluding diaryl/α,β-unsaturated/α-hetero) is 1. The highest BCUT2D eigenvalue weighted by atomic mass is 16.5. The zero-order valence-corrected chi connectivity index (χ0v) is 9.88. The molecular weight excluding hydrogens is 232 g/mol. The number of aldehydes is 1. The molecule has 0 amide bonds. The molecular formula is C14H12O4. The predicted octanol–water partition coefficient (Wildman–Crippen LogP) is 2.66. The highest BCUT2D eigenvalue weighted by molar-refractivity contribution is 5.94. The summed E-state index contributed by atoms with van der Waals surface area (Å²) >= 11 is 0. The van der Waals surface area contributed by atoms with Gasteiger partial charge in [0.2, 0.25) is 5.78 Å². The Morgan fingerprint density at radius 1 is 1.22 bits per heavy atom. The fraction of sp³-hybridized carbons (Fsp3) is 0.143. The number of hydrogen-bond acceptors (Lipinski definition) is 4. The van der Waals surface area contributed by atoms with Gasteiger partial charge in [0.25, 0.3) is 0 Å². The quantitative estimate of drug-likeness (QED) is 0.599. The lowest BCUT2D eigenvalue weighted by Gasteiger charge is -2.04. The maximum atomic E-state index is 11.7. The lowest BCUT2D eigenvalue weighted by Crippen LogP contribution is -2.10. The van der Waals surface area contributed by atoms with E-state index in [-0.39, 0.29) is 18.2 Å². The topological polar surface area (TPSA) is 56.5 Å². The van der Waals surface area contributed by atoms with Gasteiger partial charge in [-0.05, 0) is 43.3 Å². The standard InChI is InChI=1S/C14H12O4/c1-10-2-7-14(18-10)13(16)9-17-12-5-3-11(8-15)4-6-12/h2-8H,9H2,1H3. The molecule has 0 saturated carbocycles. The Morgan fingerprint density at radius 2 is 1.94 bits per heavy atom. The molecule has 0 bridgehead atoms. The summed E-state index contributed by atoms with van der Waals surface area (Å²) in [6.07, 6.45) is 0.751. The van der Waals surface area contributed by atoms with E-state index in [0.717, 1.165) is 6.29 Å². The molecule has 0 aliphatic heterocycles. The van der Waals surface area contributed by atoms with E-state index >= 15 is 0 Å². The molecule has 0 aliphatic rings. The minimum absolute atomic E-state index is 0.0899. The summed E-state index contributed by atoms with van der Waals surface area (Å²) in [6, 6.07) is 9.89. The smallest absolute Gasteiger partial charge is 0.235 e. The number of ether oxygens (including phenoxy) is 1. The molecule has 1 aromatic heterocycles. The number of furan rings is 1. The number of hydrogen-bond donors (Lipinski definition) is 0. The summed E-state index contributed by atoms with van der Waals surface area (Å²) in [4.78, 5) is 22.1. The number of carbonyl (C=O) groups excluding carboxylic acids is 2. The van der Waals surface area contributed by atoms with Crippen molar-refractivity contribution in [2.75, 3.05) is 6.61 Å². The minimum atomic E-state index is -0.220. The van der Waals surface area contributed by atoms with E-state index in [1.165, 1.54) is 0 Å². The lowest BCUT2D eigenvalue weighted by molar-refractivity contribution is 0.0892. The van der Waals surface area contributed by atoms with E-state index in [4.69, 9.17) is 9.15 Å². The molecule has 18 heavy (non-hydrogen) atoms. The largest absolute Gasteiger partial charge is 0.485 e. The van der Waals surface area contributed by atoms with Crippen LogP contribution in [-0.4, -0.2) is 18.7 Å². The van der Waals surface area contributed by atoms with E-state index in [2.05, 4.69) is 0 Å². The van der Waals surface area contributed by atoms with E-state index in [1.54, 1.807) is 43.3 Å². The Kier molecular flexibility index (Phi) is 3.57. The van der Waals surface area contributed by atoms with Crippen molar-refractivity contribution in [3.63, 3.8) is 0 Å². The summed E-state index contributed by atoms with van der Waals surface area (Å²) < 4.78 is 10.5. The third kappa shape index (κ3) is 2.85. The normalized spacial score (nSPS) is 10.1. The molecule has 1 heterocycles. The maximum Gasteiger partial charge on any atom is 0.235 e. The van der Waals surface area contributed by atoms with Gasteiger partial charge < -0.3 is 9.15 Å². The first-order valence-corrected chi connectivity index (χ1v) is 5.47. The fourth-order valence-electron chi connectivity index (χ4n) is 1.45. The van der Waals surface area contributed by atoms with Crippen LogP contribution >= 0.6 is 0 Å². The molecule has 0 atom stereocenters. The second-order valence-electron chi connectivity index (χ2n) is 3.81. The van der Waals surface area contributed by atoms with Crippen molar-refractivity contribution in [3.05, 3.63) is 53.5 Å². The average Bonchev–Trinajstić information content (AvgIpc) is 2.83. The van der Waals surface area contributed by atoms with Crippen molar-refractivity contribution in [2.45, 2.75) is 6.92 Å². The van der Waals surface area contributed by atoms with Crippen LogP contribution in [0, 0.1) is 6.92 Å². The van der Waals surface area contributed by atoms with Crippen LogP contribution in [0.4, 0.5) is 0 Å². The molecule has 4 nitrogen and oxygen atoms in total. The van der Waals surface area contributed by atoms with Crippen LogP contribution in [0.3, 0.4) is 0 Å². The first kappa shape index (κ1) is 12.1. The van der Waals surface area contributed by atoms with Crippen molar-refractivity contribution in [1.82, 2.24) is 0 Å². The molecule has 2 aromatic rings. The summed E-state index contributed by atoms with van der Waals surface area (Å²) in [5, 5.41) is 0. The SMILES string of the molecule is Cc1ccc(C(=O)COc2ccc(C=O)cc2)o1. The van der Waals surface area contributed by atoms with Crippen LogP contribution in [0.5, 0.6) is 5.75 Å². The highest BCUT2D eigenvalue weighted by Gasteiger charge is 2.10. The number of rotatable bonds is 5. The zero-order valence-electron chi connectivity index (χ0n) is 9.88. The number of ketones is 1. The van der Waals surface area contributed by atoms with Gasteiger partial charge in [-0.1, -0.05) is 0 Å². The Balaban J connectivity index is 1.94. The summed E-state index contributed by atoms with van der Waals surface area (Å²) in [5.74, 6) is 1.30. The Labute approximate surface area is 104 Å². The molecule has 0 spiro atoms. The van der Waals surface area contributed by atoms with Crippen LogP contribution in [0.1, 0.15) is 26.7 Å². The molecule has 92 valence electrons. The van der Waals surface area contributed by atoms with Gasteiger partial charge in [0.05, 0.1) is 0 Å². The van der Waals surface area contributed by atoms with Crippen molar-refractivity contribution < 1.29 is 18.7 Å². The van der Waals surface area contributed by atoms with E-state index in [9.17, 15) is 9.59 Å². The highest BCUT2D eigenvalue weighted by Crippen LogP contribution is 2.12. The first-order valence-electron chi connectivity index (χ1n) is 5.47. The molecule has 0 saturated heterocycles. The van der Waals surface area contributed by atoms with E-state index in [0.29, 0.717) is 17.1 Å². The third-order valence-electron chi connectivity index (χ3n) is 2.40. The first-order chi connectivity index (χ1) is 8.69. The van der Waals surface area contributed by atoms with Gasteiger partial charge in [0.15, 0.2) is 12.4 Å². The molecule has 0 unspecified atom stereocenters. The maximum absolute atomic E-state index is 11.7. The predicted molar refractivity (Wildman–Crippen MR) is 65.1 cm³/mol. The minimum Gasteiger partial charge on any atom is -0.485 e. The molecule has 1 aromatic carbocycles. The molecule has 0 radical (unpaired) electrons. The van der Waals surface area contributed by atoms with Crippen LogP contribution in [0.2, 0.25) is 0 Å². The Bertz CT molecular complexity index is 551. The van der Waals surface area contributed by atoms with Crippen LogP contribution < -0.4 is 4.74 Å². The summed E-state index contributed by atoms with van der Waals surface area (Å²) in [7, 11) is 0. The fourth-order valence-corrected chi connectivity index (χ4v) is 1.45. The number of carbonyl (C=O) groups is 2. The summed E-state index contributed by atoms with van der Waals surface area (Å²) in [6.45, 7) is 1.68. The van der Waals surface area contributed by atoms with Gasteiger partial charge >= 0.3 is 0 Å². The van der Waals surface area contributed by atoms with Gasteiger partial charge in [-0.3, -0.25) is 9.59 Å². The van der Waals surface area contributed by atoms with Crippen LogP contribution in [-0.2, 0) is 0 Å². The van der Waals surface area contributed by atoms with Gasteiger partial charge in [-0.2, -0.15) is 0 Å². The molecule has 0 aliphatic carbocycles. The summed E-state index contributed by atoms with van der Waals surface area (Å²) in [5.41, 5.74) is 0.565. The van der Waals surface area contributed by atoms with Gasteiger partial charge in [0, 0.05) is 5.56 Å². The third-order valence-corrected chi connectivity index (χ3v) is 2.40. The molecule has 2 rings (SSSR count). The van der Waals surface area contributed by atoms with Crippen LogP contribution in [0.25, 0.3) is 0 Å². The second kappa shape index (κ2) is 5.31. The monoisotopic (exact) mass is 244 g/mol. The van der Waals surface area contributed by atoms with Gasteiger partial charge in [-0.25, -0.2) is 0 Å². The van der Waals surface area contributed by atoms with Crippen molar-refractivity contribution in [2.24, 2.45) is 0 Å². The van der Waals surface area contributed by atoms with Crippen molar-refractivity contribution in [1.29, 1.82) is 0 Å². The van der Waals surface area contributed by atoms with Crippen LogP contribution in [0.15, 0.2) is 40.8 Å².